The maximum atomic E-state index is 13.3. The second-order valence-corrected chi connectivity index (χ2v) is 4.36. The third-order valence-electron chi connectivity index (χ3n) is 3.26. The molecule has 2 aromatic heterocycles. The first-order chi connectivity index (χ1) is 9.08. The fourth-order valence-corrected chi connectivity index (χ4v) is 2.30. The van der Waals surface area contributed by atoms with Gasteiger partial charge in [-0.2, -0.15) is 0 Å². The monoisotopic (exact) mass is 258 g/mol. The molecule has 2 N–H and O–H groups in total. The molecule has 0 radical (unpaired) electrons. The van der Waals surface area contributed by atoms with Gasteiger partial charge in [0.2, 0.25) is 0 Å². The van der Waals surface area contributed by atoms with Crippen LogP contribution >= 0.6 is 0 Å². The minimum atomic E-state index is -0.986. The van der Waals surface area contributed by atoms with Crippen LogP contribution in [0.5, 0.6) is 0 Å². The predicted octanol–water partition coefficient (Wildman–Crippen LogP) is 3.01. The minimum absolute atomic E-state index is 0.195. The van der Waals surface area contributed by atoms with E-state index in [2.05, 4.69) is 4.98 Å². The molecule has 0 unspecified atom stereocenters. The summed E-state index contributed by atoms with van der Waals surface area (Å²) in [5.74, 6) is -1.30. The van der Waals surface area contributed by atoms with Gasteiger partial charge >= 0.3 is 5.97 Å². The second-order valence-electron chi connectivity index (χ2n) is 4.36. The molecule has 4 nitrogen and oxygen atoms in total. The summed E-state index contributed by atoms with van der Waals surface area (Å²) < 4.78 is 14.9. The van der Waals surface area contributed by atoms with Gasteiger partial charge in [-0.15, -0.1) is 0 Å². The molecule has 19 heavy (non-hydrogen) atoms. The lowest BCUT2D eigenvalue weighted by Gasteiger charge is -2.04. The highest BCUT2D eigenvalue weighted by Gasteiger charge is 2.15. The molecule has 0 fully saturated rings. The molecule has 0 saturated heterocycles. The van der Waals surface area contributed by atoms with Crippen molar-refractivity contribution in [2.45, 2.75) is 0 Å². The van der Waals surface area contributed by atoms with Crippen LogP contribution in [0.1, 0.15) is 10.5 Å². The Balaban J connectivity index is 2.25. The number of carboxylic acid groups (broad SMARTS) is 1. The maximum Gasteiger partial charge on any atom is 0.352 e. The van der Waals surface area contributed by atoms with E-state index in [1.165, 1.54) is 18.2 Å². The number of aromatic amines is 1. The number of benzene rings is 1. The van der Waals surface area contributed by atoms with Gasteiger partial charge in [-0.05, 0) is 30.3 Å². The van der Waals surface area contributed by atoms with Gasteiger partial charge in [0.05, 0.1) is 5.69 Å². The molecule has 3 rings (SSSR count). The predicted molar refractivity (Wildman–Crippen MR) is 69.6 cm³/mol. The van der Waals surface area contributed by atoms with Gasteiger partial charge in [0.15, 0.2) is 0 Å². The van der Waals surface area contributed by atoms with Crippen molar-refractivity contribution in [1.29, 1.82) is 0 Å². The number of halogens is 1. The molecule has 0 saturated carbocycles. The van der Waals surface area contributed by atoms with Crippen LogP contribution in [-0.4, -0.2) is 20.6 Å². The van der Waals surface area contributed by atoms with E-state index in [1.54, 1.807) is 29.9 Å². The molecule has 3 aromatic rings. The van der Waals surface area contributed by atoms with Crippen LogP contribution in [-0.2, 0) is 7.05 Å². The first kappa shape index (κ1) is 11.5. The van der Waals surface area contributed by atoms with Gasteiger partial charge in [-0.3, -0.25) is 0 Å². The third kappa shape index (κ3) is 1.71. The summed E-state index contributed by atoms with van der Waals surface area (Å²) >= 11 is 0. The van der Waals surface area contributed by atoms with Gasteiger partial charge in [-0.1, -0.05) is 0 Å². The number of nitrogens with one attached hydrogen (secondary N) is 1. The van der Waals surface area contributed by atoms with Crippen molar-refractivity contribution < 1.29 is 14.3 Å². The highest BCUT2D eigenvalue weighted by atomic mass is 19.1. The van der Waals surface area contributed by atoms with Crippen molar-refractivity contribution in [3.63, 3.8) is 0 Å². The number of H-pyrrole nitrogens is 1. The number of aromatic carboxylic acids is 1. The largest absolute Gasteiger partial charge is 0.477 e. The highest BCUT2D eigenvalue weighted by Crippen LogP contribution is 2.30. The van der Waals surface area contributed by atoms with E-state index in [9.17, 15) is 9.18 Å². The second kappa shape index (κ2) is 3.98. The Morgan fingerprint density at radius 2 is 2.11 bits per heavy atom. The average Bonchev–Trinajstić information content (AvgIpc) is 2.92. The summed E-state index contributed by atoms with van der Waals surface area (Å²) in [7, 11) is 1.68. The highest BCUT2D eigenvalue weighted by molar-refractivity contribution is 5.96. The molecule has 1 aromatic carbocycles. The SMILES string of the molecule is Cn1c(C(=O)O)ccc1-c1c[nH]c2ccc(F)cc12. The van der Waals surface area contributed by atoms with Crippen LogP contribution in [0.25, 0.3) is 22.2 Å². The third-order valence-corrected chi connectivity index (χ3v) is 3.26. The van der Waals surface area contributed by atoms with Gasteiger partial charge in [0, 0.05) is 29.7 Å². The molecule has 0 aliphatic carbocycles. The molecule has 96 valence electrons. The Labute approximate surface area is 108 Å². The van der Waals surface area contributed by atoms with Crippen molar-refractivity contribution in [2.24, 2.45) is 7.05 Å². The van der Waals surface area contributed by atoms with Crippen molar-refractivity contribution in [3.05, 3.63) is 48.0 Å². The maximum absolute atomic E-state index is 13.3. The molecule has 5 heteroatoms. The van der Waals surface area contributed by atoms with Crippen molar-refractivity contribution in [1.82, 2.24) is 9.55 Å². The first-order valence-corrected chi connectivity index (χ1v) is 5.74. The number of carboxylic acids is 1. The van der Waals surface area contributed by atoms with E-state index in [4.69, 9.17) is 5.11 Å². The lowest BCUT2D eigenvalue weighted by molar-refractivity contribution is 0.0687. The van der Waals surface area contributed by atoms with Crippen molar-refractivity contribution in [2.75, 3.05) is 0 Å². The van der Waals surface area contributed by atoms with E-state index >= 15 is 0 Å². The van der Waals surface area contributed by atoms with E-state index in [0.717, 1.165) is 22.2 Å². The van der Waals surface area contributed by atoms with E-state index < -0.39 is 5.97 Å². The van der Waals surface area contributed by atoms with Crippen LogP contribution in [0.4, 0.5) is 4.39 Å². The van der Waals surface area contributed by atoms with Gasteiger partial charge in [0.25, 0.3) is 0 Å². The van der Waals surface area contributed by atoms with Gasteiger partial charge < -0.3 is 14.7 Å². The summed E-state index contributed by atoms with van der Waals surface area (Å²) in [6.07, 6.45) is 1.76. The van der Waals surface area contributed by atoms with Crippen LogP contribution in [0.15, 0.2) is 36.5 Å². The summed E-state index contributed by atoms with van der Waals surface area (Å²) in [6, 6.07) is 7.74. The smallest absolute Gasteiger partial charge is 0.352 e. The molecule has 2 heterocycles. The Hall–Kier alpha value is -2.56. The minimum Gasteiger partial charge on any atom is -0.477 e. The normalized spacial score (nSPS) is 11.1. The van der Waals surface area contributed by atoms with Crippen molar-refractivity contribution >= 4 is 16.9 Å². The first-order valence-electron chi connectivity index (χ1n) is 5.74. The Morgan fingerprint density at radius 3 is 2.79 bits per heavy atom. The molecule has 0 atom stereocenters. The van der Waals surface area contributed by atoms with Crippen LogP contribution in [0.2, 0.25) is 0 Å². The summed E-state index contributed by atoms with van der Waals surface area (Å²) in [6.45, 7) is 0. The summed E-state index contributed by atoms with van der Waals surface area (Å²) in [4.78, 5) is 14.1. The molecule has 0 amide bonds. The standard InChI is InChI=1S/C14H11FN2O2/c1-17-12(4-5-13(17)14(18)19)10-7-16-11-3-2-8(15)6-9(10)11/h2-7,16H,1H3,(H,18,19). The average molecular weight is 258 g/mol. The zero-order valence-corrected chi connectivity index (χ0v) is 10.1. The van der Waals surface area contributed by atoms with Gasteiger partial charge in [-0.25, -0.2) is 9.18 Å². The quantitative estimate of drug-likeness (QED) is 0.742. The topological polar surface area (TPSA) is 58.0 Å². The number of hydrogen-bond donors (Lipinski definition) is 2. The lowest BCUT2D eigenvalue weighted by Crippen LogP contribution is -2.04. The molecular formula is C14H11FN2O2. The van der Waals surface area contributed by atoms with E-state index in [-0.39, 0.29) is 11.5 Å². The Bertz CT molecular complexity index is 786. The Morgan fingerprint density at radius 1 is 1.32 bits per heavy atom. The van der Waals surface area contributed by atoms with E-state index in [0.29, 0.717) is 0 Å². The fourth-order valence-electron chi connectivity index (χ4n) is 2.30. The van der Waals surface area contributed by atoms with Gasteiger partial charge in [0.1, 0.15) is 11.5 Å². The number of aromatic nitrogens is 2. The number of hydrogen-bond acceptors (Lipinski definition) is 1. The van der Waals surface area contributed by atoms with E-state index in [1.807, 2.05) is 0 Å². The van der Waals surface area contributed by atoms with Crippen molar-refractivity contribution in [3.8, 4) is 11.3 Å². The number of rotatable bonds is 2. The number of carbonyl (C=O) groups is 1. The summed E-state index contributed by atoms with van der Waals surface area (Å²) in [5.41, 5.74) is 2.52. The van der Waals surface area contributed by atoms with Crippen LogP contribution in [0, 0.1) is 5.82 Å². The molecule has 0 aliphatic heterocycles. The number of fused-ring (bicyclic) bond motifs is 1. The Kier molecular flexibility index (Phi) is 2.41. The zero-order valence-electron chi connectivity index (χ0n) is 10.1. The molecule has 0 bridgehead atoms. The lowest BCUT2D eigenvalue weighted by atomic mass is 10.1. The molecule has 0 aliphatic rings. The van der Waals surface area contributed by atoms with Crippen LogP contribution < -0.4 is 0 Å². The van der Waals surface area contributed by atoms with Crippen LogP contribution in [0.3, 0.4) is 0 Å². The fraction of sp³-hybridized carbons (Fsp3) is 0.0714. The summed E-state index contributed by atoms with van der Waals surface area (Å²) in [5, 5.41) is 9.78. The number of nitrogens with zero attached hydrogens (tertiary/aromatic N) is 1. The molecule has 0 spiro atoms. The molecular weight excluding hydrogens is 247 g/mol. The zero-order chi connectivity index (χ0) is 13.6.